The number of fused-ring (bicyclic) bond motifs is 1. The van der Waals surface area contributed by atoms with Gasteiger partial charge in [-0.2, -0.15) is 5.10 Å². The molecular weight excluding hydrogens is 394 g/mol. The first kappa shape index (κ1) is 20.6. The van der Waals surface area contributed by atoms with E-state index in [9.17, 15) is 4.79 Å². The van der Waals surface area contributed by atoms with Crippen molar-refractivity contribution in [1.82, 2.24) is 24.6 Å². The Hall–Kier alpha value is -2.67. The standard InChI is InChI=1S/C23H27N5OS/c1-3-27(14-18-9-5-4-6-10-18)23(29)15-30-22-13-21(24-16-25-22)28-20-12-8-7-11-19(20)17(2)26-28/h4-6,9-10,13,16H,3,7-8,11-12,14-15H2,1-2H3. The number of nitrogens with zero attached hydrogens (tertiary/aromatic N) is 5. The zero-order chi connectivity index (χ0) is 20.9. The highest BCUT2D eigenvalue weighted by Crippen LogP contribution is 2.27. The van der Waals surface area contributed by atoms with E-state index in [1.807, 2.05) is 52.9 Å². The second kappa shape index (κ2) is 9.43. The average molecular weight is 422 g/mol. The number of carbonyl (C=O) groups is 1. The van der Waals surface area contributed by atoms with Crippen LogP contribution in [0.3, 0.4) is 0 Å². The van der Waals surface area contributed by atoms with Crippen molar-refractivity contribution in [1.29, 1.82) is 0 Å². The van der Waals surface area contributed by atoms with Gasteiger partial charge in [-0.1, -0.05) is 42.1 Å². The van der Waals surface area contributed by atoms with E-state index < -0.39 is 0 Å². The van der Waals surface area contributed by atoms with Crippen molar-refractivity contribution in [3.8, 4) is 5.82 Å². The second-order valence-electron chi connectivity index (χ2n) is 7.53. The smallest absolute Gasteiger partial charge is 0.233 e. The molecule has 6 nitrogen and oxygen atoms in total. The van der Waals surface area contributed by atoms with Crippen molar-refractivity contribution in [2.75, 3.05) is 12.3 Å². The summed E-state index contributed by atoms with van der Waals surface area (Å²) < 4.78 is 1.96. The predicted octanol–water partition coefficient (Wildman–Crippen LogP) is 3.99. The minimum absolute atomic E-state index is 0.110. The van der Waals surface area contributed by atoms with Crippen molar-refractivity contribution in [3.05, 3.63) is 65.2 Å². The fourth-order valence-electron chi connectivity index (χ4n) is 3.90. The highest BCUT2D eigenvalue weighted by atomic mass is 32.2. The Morgan fingerprint density at radius 1 is 1.17 bits per heavy atom. The number of hydrogen-bond donors (Lipinski definition) is 0. The van der Waals surface area contributed by atoms with Crippen LogP contribution in [0.1, 0.15) is 42.3 Å². The molecule has 0 aliphatic heterocycles. The molecule has 0 unspecified atom stereocenters. The Labute approximate surface area is 181 Å². The summed E-state index contributed by atoms with van der Waals surface area (Å²) in [6, 6.07) is 12.0. The van der Waals surface area contributed by atoms with Crippen LogP contribution in [0.25, 0.3) is 5.82 Å². The van der Waals surface area contributed by atoms with E-state index in [0.29, 0.717) is 18.8 Å². The number of thioether (sulfide) groups is 1. The topological polar surface area (TPSA) is 63.9 Å². The highest BCUT2D eigenvalue weighted by Gasteiger charge is 2.20. The summed E-state index contributed by atoms with van der Waals surface area (Å²) >= 11 is 1.45. The SMILES string of the molecule is CCN(Cc1ccccc1)C(=O)CSc1cc(-n2nc(C)c3c2CCCC3)ncn1. The molecule has 7 heteroatoms. The van der Waals surface area contributed by atoms with E-state index >= 15 is 0 Å². The maximum Gasteiger partial charge on any atom is 0.233 e. The van der Waals surface area contributed by atoms with Crippen molar-refractivity contribution >= 4 is 17.7 Å². The van der Waals surface area contributed by atoms with Crippen LogP contribution in [0.4, 0.5) is 0 Å². The monoisotopic (exact) mass is 421 g/mol. The molecule has 156 valence electrons. The minimum Gasteiger partial charge on any atom is -0.338 e. The summed E-state index contributed by atoms with van der Waals surface area (Å²) in [4.78, 5) is 23.4. The van der Waals surface area contributed by atoms with Gasteiger partial charge in [0.25, 0.3) is 0 Å². The first-order valence-corrected chi connectivity index (χ1v) is 11.5. The van der Waals surface area contributed by atoms with E-state index in [4.69, 9.17) is 5.10 Å². The number of amides is 1. The maximum absolute atomic E-state index is 12.7. The van der Waals surface area contributed by atoms with Gasteiger partial charge in [0, 0.05) is 24.8 Å². The Kier molecular flexibility index (Phi) is 6.47. The Morgan fingerprint density at radius 3 is 2.77 bits per heavy atom. The molecule has 3 aromatic rings. The van der Waals surface area contributed by atoms with E-state index in [2.05, 4.69) is 16.9 Å². The molecule has 0 atom stereocenters. The van der Waals surface area contributed by atoms with Gasteiger partial charge in [0.15, 0.2) is 5.82 Å². The van der Waals surface area contributed by atoms with Gasteiger partial charge in [0.2, 0.25) is 5.91 Å². The summed E-state index contributed by atoms with van der Waals surface area (Å²) in [5.41, 5.74) is 4.86. The highest BCUT2D eigenvalue weighted by molar-refractivity contribution is 7.99. The normalized spacial score (nSPS) is 13.1. The lowest BCUT2D eigenvalue weighted by atomic mass is 9.96. The summed E-state index contributed by atoms with van der Waals surface area (Å²) in [7, 11) is 0. The molecule has 4 rings (SSSR count). The van der Waals surface area contributed by atoms with E-state index in [1.165, 1.54) is 35.9 Å². The molecule has 2 heterocycles. The summed E-state index contributed by atoms with van der Waals surface area (Å²) in [5, 5.41) is 5.52. The van der Waals surface area contributed by atoms with Gasteiger partial charge < -0.3 is 4.90 Å². The first-order chi connectivity index (χ1) is 14.7. The van der Waals surface area contributed by atoms with Crippen LogP contribution in [-0.2, 0) is 24.2 Å². The lowest BCUT2D eigenvalue weighted by Crippen LogP contribution is -2.31. The van der Waals surface area contributed by atoms with Gasteiger partial charge in [-0.05, 0) is 50.7 Å². The van der Waals surface area contributed by atoms with Crippen LogP contribution in [0.15, 0.2) is 47.8 Å². The van der Waals surface area contributed by atoms with Gasteiger partial charge in [-0.15, -0.1) is 0 Å². The zero-order valence-corrected chi connectivity index (χ0v) is 18.4. The van der Waals surface area contributed by atoms with Gasteiger partial charge in [-0.3, -0.25) is 4.79 Å². The molecule has 0 saturated heterocycles. The van der Waals surface area contributed by atoms with Gasteiger partial charge in [0.1, 0.15) is 11.4 Å². The largest absolute Gasteiger partial charge is 0.338 e. The first-order valence-electron chi connectivity index (χ1n) is 10.5. The van der Waals surface area contributed by atoms with Crippen LogP contribution in [0.2, 0.25) is 0 Å². The molecule has 0 saturated carbocycles. The van der Waals surface area contributed by atoms with Crippen LogP contribution in [0.5, 0.6) is 0 Å². The van der Waals surface area contributed by atoms with E-state index in [1.54, 1.807) is 6.33 Å². The molecule has 1 aliphatic carbocycles. The van der Waals surface area contributed by atoms with Crippen LogP contribution >= 0.6 is 11.8 Å². The molecule has 30 heavy (non-hydrogen) atoms. The lowest BCUT2D eigenvalue weighted by Gasteiger charge is -2.20. The van der Waals surface area contributed by atoms with Crippen molar-refractivity contribution < 1.29 is 4.79 Å². The van der Waals surface area contributed by atoms with Gasteiger partial charge >= 0.3 is 0 Å². The van der Waals surface area contributed by atoms with Gasteiger partial charge in [0.05, 0.1) is 11.4 Å². The fourth-order valence-corrected chi connectivity index (χ4v) is 4.67. The molecule has 0 spiro atoms. The van der Waals surface area contributed by atoms with Gasteiger partial charge in [-0.25, -0.2) is 14.6 Å². The Bertz CT molecular complexity index is 1020. The van der Waals surface area contributed by atoms with Crippen molar-refractivity contribution in [2.45, 2.75) is 51.1 Å². The maximum atomic E-state index is 12.7. The number of aryl methyl sites for hydroxylation is 1. The third-order valence-electron chi connectivity index (χ3n) is 5.52. The van der Waals surface area contributed by atoms with Crippen LogP contribution < -0.4 is 0 Å². The Balaban J connectivity index is 1.44. The lowest BCUT2D eigenvalue weighted by molar-refractivity contribution is -0.128. The van der Waals surface area contributed by atoms with Crippen LogP contribution in [-0.4, -0.2) is 42.9 Å². The third-order valence-corrected chi connectivity index (χ3v) is 6.43. The van der Waals surface area contributed by atoms with E-state index in [-0.39, 0.29) is 5.91 Å². The van der Waals surface area contributed by atoms with Crippen molar-refractivity contribution in [3.63, 3.8) is 0 Å². The number of carbonyl (C=O) groups excluding carboxylic acids is 1. The predicted molar refractivity (Wildman–Crippen MR) is 119 cm³/mol. The van der Waals surface area contributed by atoms with E-state index in [0.717, 1.165) is 34.9 Å². The number of benzene rings is 1. The molecule has 2 aromatic heterocycles. The Morgan fingerprint density at radius 2 is 1.97 bits per heavy atom. The fraction of sp³-hybridized carbons (Fsp3) is 0.391. The quantitative estimate of drug-likeness (QED) is 0.426. The number of hydrogen-bond acceptors (Lipinski definition) is 5. The summed E-state index contributed by atoms with van der Waals surface area (Å²) in [5.74, 6) is 1.24. The van der Waals surface area contributed by atoms with Crippen molar-refractivity contribution in [2.24, 2.45) is 0 Å². The second-order valence-corrected chi connectivity index (χ2v) is 8.52. The molecule has 1 aliphatic rings. The molecular formula is C23H27N5OS. The van der Waals surface area contributed by atoms with Crippen LogP contribution in [0, 0.1) is 6.92 Å². The number of aromatic nitrogens is 4. The molecule has 0 fully saturated rings. The molecule has 1 amide bonds. The number of rotatable bonds is 7. The zero-order valence-electron chi connectivity index (χ0n) is 17.5. The summed E-state index contributed by atoms with van der Waals surface area (Å²) in [6.07, 6.45) is 6.11. The third kappa shape index (κ3) is 4.56. The summed E-state index contributed by atoms with van der Waals surface area (Å²) in [6.45, 7) is 5.40. The molecule has 0 radical (unpaired) electrons. The molecule has 1 aromatic carbocycles. The molecule has 0 bridgehead atoms. The molecule has 0 N–H and O–H groups in total. The average Bonchev–Trinajstić information content (AvgIpc) is 3.13. The minimum atomic E-state index is 0.110.